The Morgan fingerprint density at radius 1 is 1.04 bits per heavy atom. The standard InChI is InChI=1S/C22H18F3NO2/c1-12-16(26)10-9-15-19(12)21(13-5-3-6-14(11-13)22(23,24)25)28-18-8-4-7-17(27-2)20(15)18/h3-11,21H,26H2,1-2H3. The summed E-state index contributed by atoms with van der Waals surface area (Å²) in [5.41, 5.74) is 9.49. The van der Waals surface area contributed by atoms with E-state index in [9.17, 15) is 13.2 Å². The number of halogens is 3. The summed E-state index contributed by atoms with van der Waals surface area (Å²) in [6, 6.07) is 14.3. The maximum absolute atomic E-state index is 13.2. The van der Waals surface area contributed by atoms with Crippen molar-refractivity contribution in [2.75, 3.05) is 12.8 Å². The van der Waals surface area contributed by atoms with Crippen molar-refractivity contribution in [2.24, 2.45) is 0 Å². The normalized spacial score (nSPS) is 15.4. The van der Waals surface area contributed by atoms with Crippen LogP contribution in [-0.2, 0) is 6.18 Å². The molecule has 0 bridgehead atoms. The van der Waals surface area contributed by atoms with Crippen LogP contribution in [0, 0.1) is 6.92 Å². The fourth-order valence-corrected chi connectivity index (χ4v) is 3.64. The summed E-state index contributed by atoms with van der Waals surface area (Å²) in [6.07, 6.45) is -5.14. The Kier molecular flexibility index (Phi) is 4.22. The van der Waals surface area contributed by atoms with Crippen molar-refractivity contribution >= 4 is 5.69 Å². The average Bonchev–Trinajstić information content (AvgIpc) is 2.68. The van der Waals surface area contributed by atoms with E-state index in [2.05, 4.69) is 0 Å². The first kappa shape index (κ1) is 18.2. The van der Waals surface area contributed by atoms with E-state index in [-0.39, 0.29) is 0 Å². The third-order valence-electron chi connectivity index (χ3n) is 5.06. The molecule has 6 heteroatoms. The molecule has 1 aliphatic rings. The molecule has 0 aliphatic carbocycles. The largest absolute Gasteiger partial charge is 0.496 e. The van der Waals surface area contributed by atoms with Gasteiger partial charge in [-0.3, -0.25) is 0 Å². The lowest BCUT2D eigenvalue weighted by Crippen LogP contribution is -2.19. The molecule has 1 aliphatic heterocycles. The molecule has 1 atom stereocenters. The maximum Gasteiger partial charge on any atom is 0.416 e. The van der Waals surface area contributed by atoms with Crippen LogP contribution in [0.4, 0.5) is 18.9 Å². The van der Waals surface area contributed by atoms with Crippen molar-refractivity contribution in [1.82, 2.24) is 0 Å². The van der Waals surface area contributed by atoms with Crippen molar-refractivity contribution in [3.05, 3.63) is 76.9 Å². The molecule has 0 saturated carbocycles. The topological polar surface area (TPSA) is 44.5 Å². The van der Waals surface area contributed by atoms with Crippen LogP contribution in [0.5, 0.6) is 11.5 Å². The molecule has 0 saturated heterocycles. The Morgan fingerprint density at radius 2 is 1.79 bits per heavy atom. The Bertz CT molecular complexity index is 1060. The molecule has 0 aromatic heterocycles. The fourth-order valence-electron chi connectivity index (χ4n) is 3.64. The predicted octanol–water partition coefficient (Wildman–Crippen LogP) is 5.75. The van der Waals surface area contributed by atoms with Crippen molar-refractivity contribution < 1.29 is 22.6 Å². The Hall–Kier alpha value is -3.15. The molecule has 4 rings (SSSR count). The van der Waals surface area contributed by atoms with E-state index in [0.717, 1.165) is 34.4 Å². The van der Waals surface area contributed by atoms with Crippen LogP contribution in [0.2, 0.25) is 0 Å². The van der Waals surface area contributed by atoms with Crippen LogP contribution >= 0.6 is 0 Å². The van der Waals surface area contributed by atoms with Crippen LogP contribution in [0.3, 0.4) is 0 Å². The van der Waals surface area contributed by atoms with Gasteiger partial charge in [-0.2, -0.15) is 13.2 Å². The number of rotatable bonds is 2. The van der Waals surface area contributed by atoms with Gasteiger partial charge < -0.3 is 15.2 Å². The Labute approximate surface area is 160 Å². The van der Waals surface area contributed by atoms with Gasteiger partial charge in [0.15, 0.2) is 0 Å². The van der Waals surface area contributed by atoms with E-state index in [0.29, 0.717) is 22.7 Å². The maximum atomic E-state index is 13.2. The van der Waals surface area contributed by atoms with Gasteiger partial charge in [0.25, 0.3) is 0 Å². The minimum atomic E-state index is -4.43. The minimum absolute atomic E-state index is 0.415. The van der Waals surface area contributed by atoms with Crippen LogP contribution in [0.15, 0.2) is 54.6 Å². The van der Waals surface area contributed by atoms with Gasteiger partial charge in [-0.15, -0.1) is 0 Å². The minimum Gasteiger partial charge on any atom is -0.496 e. The summed E-state index contributed by atoms with van der Waals surface area (Å²) >= 11 is 0. The van der Waals surface area contributed by atoms with E-state index in [1.165, 1.54) is 6.07 Å². The summed E-state index contributed by atoms with van der Waals surface area (Å²) in [5.74, 6) is 1.18. The zero-order chi connectivity index (χ0) is 20.1. The summed E-state index contributed by atoms with van der Waals surface area (Å²) < 4.78 is 51.4. The number of hydrogen-bond donors (Lipinski definition) is 1. The number of methoxy groups -OCH3 is 1. The van der Waals surface area contributed by atoms with E-state index in [1.54, 1.807) is 31.4 Å². The zero-order valence-electron chi connectivity index (χ0n) is 15.3. The van der Waals surface area contributed by atoms with E-state index in [1.807, 2.05) is 19.1 Å². The molecule has 3 aromatic carbocycles. The van der Waals surface area contributed by atoms with Crippen molar-refractivity contribution in [2.45, 2.75) is 19.2 Å². The number of anilines is 1. The van der Waals surface area contributed by atoms with Crippen molar-refractivity contribution in [3.63, 3.8) is 0 Å². The molecule has 144 valence electrons. The lowest BCUT2D eigenvalue weighted by molar-refractivity contribution is -0.137. The number of nitrogens with two attached hydrogens (primary N) is 1. The molecule has 1 heterocycles. The highest BCUT2D eigenvalue weighted by Gasteiger charge is 2.34. The molecule has 3 nitrogen and oxygen atoms in total. The van der Waals surface area contributed by atoms with Crippen LogP contribution < -0.4 is 15.2 Å². The van der Waals surface area contributed by atoms with Crippen LogP contribution in [0.1, 0.15) is 28.4 Å². The molecule has 0 fully saturated rings. The third-order valence-corrected chi connectivity index (χ3v) is 5.06. The number of alkyl halides is 3. The van der Waals surface area contributed by atoms with Crippen molar-refractivity contribution in [1.29, 1.82) is 0 Å². The van der Waals surface area contributed by atoms with Crippen molar-refractivity contribution in [3.8, 4) is 22.6 Å². The average molecular weight is 385 g/mol. The summed E-state index contributed by atoms with van der Waals surface area (Å²) in [4.78, 5) is 0. The van der Waals surface area contributed by atoms with E-state index < -0.39 is 17.8 Å². The summed E-state index contributed by atoms with van der Waals surface area (Å²) in [7, 11) is 1.57. The second-order valence-electron chi connectivity index (χ2n) is 6.70. The van der Waals surface area contributed by atoms with Gasteiger partial charge in [0, 0.05) is 11.3 Å². The molecule has 28 heavy (non-hydrogen) atoms. The SMILES string of the molecule is COc1cccc2c1-c1ccc(N)c(C)c1C(c1cccc(C(F)(F)F)c1)O2. The Morgan fingerprint density at radius 3 is 2.50 bits per heavy atom. The lowest BCUT2D eigenvalue weighted by atomic mass is 9.85. The number of benzene rings is 3. The smallest absolute Gasteiger partial charge is 0.416 e. The number of hydrogen-bond acceptors (Lipinski definition) is 3. The lowest BCUT2D eigenvalue weighted by Gasteiger charge is -2.32. The molecule has 0 spiro atoms. The van der Waals surface area contributed by atoms with Crippen LogP contribution in [0.25, 0.3) is 11.1 Å². The molecular formula is C22H18F3NO2. The number of fused-ring (bicyclic) bond motifs is 3. The monoisotopic (exact) mass is 385 g/mol. The molecule has 1 unspecified atom stereocenters. The fraction of sp³-hybridized carbons (Fsp3) is 0.182. The molecule has 0 amide bonds. The Balaban J connectivity index is 1.96. The number of ether oxygens (including phenoxy) is 2. The first-order valence-electron chi connectivity index (χ1n) is 8.71. The highest BCUT2D eigenvalue weighted by atomic mass is 19.4. The van der Waals surface area contributed by atoms with Crippen LogP contribution in [-0.4, -0.2) is 7.11 Å². The van der Waals surface area contributed by atoms with Gasteiger partial charge in [-0.1, -0.05) is 24.3 Å². The summed E-state index contributed by atoms with van der Waals surface area (Å²) in [6.45, 7) is 1.85. The second-order valence-corrected chi connectivity index (χ2v) is 6.70. The molecule has 2 N–H and O–H groups in total. The quantitative estimate of drug-likeness (QED) is 0.571. The molecule has 0 radical (unpaired) electrons. The highest BCUT2D eigenvalue weighted by molar-refractivity contribution is 5.84. The second kappa shape index (κ2) is 6.48. The molecule has 3 aromatic rings. The van der Waals surface area contributed by atoms with Gasteiger partial charge >= 0.3 is 6.18 Å². The molecular weight excluding hydrogens is 367 g/mol. The first-order valence-corrected chi connectivity index (χ1v) is 8.71. The zero-order valence-corrected chi connectivity index (χ0v) is 15.3. The van der Waals surface area contributed by atoms with Gasteiger partial charge in [0.1, 0.15) is 17.6 Å². The van der Waals surface area contributed by atoms with Gasteiger partial charge in [0.2, 0.25) is 0 Å². The van der Waals surface area contributed by atoms with Gasteiger partial charge in [-0.25, -0.2) is 0 Å². The number of nitrogen functional groups attached to an aromatic ring is 1. The van der Waals surface area contributed by atoms with Gasteiger partial charge in [0.05, 0.1) is 18.2 Å². The van der Waals surface area contributed by atoms with Gasteiger partial charge in [-0.05, 0) is 53.9 Å². The third kappa shape index (κ3) is 2.85. The first-order chi connectivity index (χ1) is 13.3. The highest BCUT2D eigenvalue weighted by Crippen LogP contribution is 2.50. The summed E-state index contributed by atoms with van der Waals surface area (Å²) in [5, 5.41) is 0. The predicted molar refractivity (Wildman–Crippen MR) is 101 cm³/mol. The van der Waals surface area contributed by atoms with E-state index in [4.69, 9.17) is 15.2 Å². The van der Waals surface area contributed by atoms with E-state index >= 15 is 0 Å².